The van der Waals surface area contributed by atoms with Crippen LogP contribution in [-0.4, -0.2) is 20.9 Å². The van der Waals surface area contributed by atoms with Gasteiger partial charge in [0.15, 0.2) is 0 Å². The number of nitrogens with zero attached hydrogens (tertiary/aromatic N) is 2. The summed E-state index contributed by atoms with van der Waals surface area (Å²) in [6, 6.07) is 8.04. The molecule has 4 heteroatoms. The van der Waals surface area contributed by atoms with Gasteiger partial charge in [-0.05, 0) is 43.5 Å². The third kappa shape index (κ3) is 3.21. The van der Waals surface area contributed by atoms with Crippen molar-refractivity contribution < 1.29 is 9.90 Å². The van der Waals surface area contributed by atoms with Crippen molar-refractivity contribution in [3.8, 4) is 5.69 Å². The number of carboxylic acids is 1. The molecule has 0 aliphatic heterocycles. The van der Waals surface area contributed by atoms with E-state index in [1.54, 1.807) is 4.68 Å². The van der Waals surface area contributed by atoms with Crippen molar-refractivity contribution in [2.45, 2.75) is 33.6 Å². The number of aromatic nitrogens is 2. The first-order valence-corrected chi connectivity index (χ1v) is 6.96. The lowest BCUT2D eigenvalue weighted by Gasteiger charge is -2.09. The Morgan fingerprint density at radius 3 is 2.33 bits per heavy atom. The molecule has 110 valence electrons. The molecule has 1 heterocycles. The van der Waals surface area contributed by atoms with Crippen LogP contribution in [0.4, 0.5) is 0 Å². The molecule has 0 radical (unpaired) electrons. The first kappa shape index (κ1) is 15.0. The van der Waals surface area contributed by atoms with Crippen molar-refractivity contribution in [2.75, 3.05) is 0 Å². The highest BCUT2D eigenvalue weighted by Gasteiger charge is 2.16. The molecule has 0 bridgehead atoms. The summed E-state index contributed by atoms with van der Waals surface area (Å²) in [5.74, 6) is -0.504. The summed E-state index contributed by atoms with van der Waals surface area (Å²) < 4.78 is 1.67. The Kier molecular flexibility index (Phi) is 4.26. The predicted octanol–water partition coefficient (Wildman–Crippen LogP) is 4.12. The Morgan fingerprint density at radius 2 is 1.86 bits per heavy atom. The molecular weight excluding hydrogens is 264 g/mol. The van der Waals surface area contributed by atoms with Crippen LogP contribution in [0, 0.1) is 0 Å². The fraction of sp³-hybridized carbons (Fsp3) is 0.294. The van der Waals surface area contributed by atoms with Gasteiger partial charge in [0.1, 0.15) is 5.56 Å². The molecule has 0 aliphatic carbocycles. The Morgan fingerprint density at radius 1 is 1.24 bits per heavy atom. The first-order chi connectivity index (χ1) is 9.90. The van der Waals surface area contributed by atoms with Crippen molar-refractivity contribution in [2.24, 2.45) is 0 Å². The van der Waals surface area contributed by atoms with E-state index in [-0.39, 0.29) is 5.56 Å². The minimum atomic E-state index is -0.965. The summed E-state index contributed by atoms with van der Waals surface area (Å²) in [6.07, 6.45) is 3.24. The third-order valence-corrected chi connectivity index (χ3v) is 3.27. The van der Waals surface area contributed by atoms with Crippen molar-refractivity contribution in [1.82, 2.24) is 9.78 Å². The van der Waals surface area contributed by atoms with Gasteiger partial charge in [0.25, 0.3) is 0 Å². The van der Waals surface area contributed by atoms with Crippen LogP contribution < -0.4 is 0 Å². The highest BCUT2D eigenvalue weighted by molar-refractivity contribution is 5.91. The quantitative estimate of drug-likeness (QED) is 0.919. The molecule has 0 amide bonds. The summed E-state index contributed by atoms with van der Waals surface area (Å²) in [5, 5.41) is 13.5. The third-order valence-electron chi connectivity index (χ3n) is 3.27. The van der Waals surface area contributed by atoms with Crippen LogP contribution in [0.25, 0.3) is 11.8 Å². The molecule has 0 saturated carbocycles. The fourth-order valence-electron chi connectivity index (χ4n) is 2.14. The SMILES string of the molecule is CC(C)=Cc1c(C(=O)O)cnn1-c1ccc(C(C)C)cc1. The zero-order chi connectivity index (χ0) is 15.6. The van der Waals surface area contributed by atoms with E-state index in [9.17, 15) is 9.90 Å². The molecule has 1 aromatic heterocycles. The maximum Gasteiger partial charge on any atom is 0.339 e. The van der Waals surface area contributed by atoms with Gasteiger partial charge in [0, 0.05) is 0 Å². The molecule has 0 saturated heterocycles. The molecule has 1 N–H and O–H groups in total. The average molecular weight is 284 g/mol. The van der Waals surface area contributed by atoms with E-state index in [1.165, 1.54) is 11.8 Å². The fourth-order valence-corrected chi connectivity index (χ4v) is 2.14. The Bertz CT molecular complexity index is 675. The second-order valence-corrected chi connectivity index (χ2v) is 5.63. The maximum atomic E-state index is 11.3. The topological polar surface area (TPSA) is 55.1 Å². The number of carbonyl (C=O) groups is 1. The first-order valence-electron chi connectivity index (χ1n) is 6.96. The van der Waals surface area contributed by atoms with E-state index in [0.29, 0.717) is 11.6 Å². The van der Waals surface area contributed by atoms with Crippen LogP contribution in [0.1, 0.15) is 55.2 Å². The molecule has 2 aromatic rings. The second kappa shape index (κ2) is 5.95. The highest BCUT2D eigenvalue weighted by atomic mass is 16.4. The zero-order valence-electron chi connectivity index (χ0n) is 12.8. The lowest BCUT2D eigenvalue weighted by Crippen LogP contribution is -2.03. The van der Waals surface area contributed by atoms with Gasteiger partial charge in [0.2, 0.25) is 0 Å². The van der Waals surface area contributed by atoms with E-state index in [2.05, 4.69) is 31.1 Å². The lowest BCUT2D eigenvalue weighted by atomic mass is 10.0. The number of hydrogen-bond donors (Lipinski definition) is 1. The lowest BCUT2D eigenvalue weighted by molar-refractivity contribution is 0.0696. The molecule has 4 nitrogen and oxygen atoms in total. The molecule has 0 aliphatic rings. The molecule has 0 fully saturated rings. The molecule has 21 heavy (non-hydrogen) atoms. The number of aromatic carboxylic acids is 1. The van der Waals surface area contributed by atoms with E-state index in [0.717, 1.165) is 11.3 Å². The van der Waals surface area contributed by atoms with Crippen LogP contribution in [0.2, 0.25) is 0 Å². The zero-order valence-corrected chi connectivity index (χ0v) is 12.8. The minimum Gasteiger partial charge on any atom is -0.478 e. The number of benzene rings is 1. The summed E-state index contributed by atoms with van der Waals surface area (Å²) in [7, 11) is 0. The minimum absolute atomic E-state index is 0.212. The van der Waals surface area contributed by atoms with Crippen LogP contribution in [0.15, 0.2) is 36.0 Å². The molecule has 0 spiro atoms. The summed E-state index contributed by atoms with van der Waals surface area (Å²) in [6.45, 7) is 8.15. The molecule has 2 rings (SSSR count). The highest BCUT2D eigenvalue weighted by Crippen LogP contribution is 2.21. The smallest absolute Gasteiger partial charge is 0.339 e. The van der Waals surface area contributed by atoms with Gasteiger partial charge in [-0.1, -0.05) is 31.6 Å². The summed E-state index contributed by atoms with van der Waals surface area (Å²) in [5.41, 5.74) is 3.94. The van der Waals surface area contributed by atoms with Crippen molar-refractivity contribution in [1.29, 1.82) is 0 Å². The van der Waals surface area contributed by atoms with Crippen LogP contribution in [0.3, 0.4) is 0 Å². The average Bonchev–Trinajstić information content (AvgIpc) is 2.81. The summed E-state index contributed by atoms with van der Waals surface area (Å²) >= 11 is 0. The Hall–Kier alpha value is -2.36. The van der Waals surface area contributed by atoms with Crippen LogP contribution in [-0.2, 0) is 0 Å². The van der Waals surface area contributed by atoms with Gasteiger partial charge >= 0.3 is 5.97 Å². The number of allylic oxidation sites excluding steroid dienone is 1. The van der Waals surface area contributed by atoms with Gasteiger partial charge in [-0.25, -0.2) is 9.48 Å². The Balaban J connectivity index is 2.53. The second-order valence-electron chi connectivity index (χ2n) is 5.63. The standard InChI is InChI=1S/C17H20N2O2/c1-11(2)9-16-15(17(20)21)10-18-19(16)14-7-5-13(6-8-14)12(3)4/h5-10,12H,1-4H3,(H,20,21). The van der Waals surface area contributed by atoms with Gasteiger partial charge in [0.05, 0.1) is 17.6 Å². The summed E-state index contributed by atoms with van der Waals surface area (Å²) in [4.78, 5) is 11.3. The number of hydrogen-bond acceptors (Lipinski definition) is 2. The van der Waals surface area contributed by atoms with Gasteiger partial charge in [-0.2, -0.15) is 5.10 Å². The molecule has 1 aromatic carbocycles. The van der Waals surface area contributed by atoms with E-state index < -0.39 is 5.97 Å². The molecule has 0 unspecified atom stereocenters. The van der Waals surface area contributed by atoms with E-state index >= 15 is 0 Å². The molecule has 0 atom stereocenters. The normalized spacial score (nSPS) is 10.7. The van der Waals surface area contributed by atoms with Crippen molar-refractivity contribution in [3.63, 3.8) is 0 Å². The van der Waals surface area contributed by atoms with E-state index in [4.69, 9.17) is 0 Å². The monoisotopic (exact) mass is 284 g/mol. The van der Waals surface area contributed by atoms with Gasteiger partial charge < -0.3 is 5.11 Å². The van der Waals surface area contributed by atoms with E-state index in [1.807, 2.05) is 32.1 Å². The number of rotatable bonds is 4. The largest absolute Gasteiger partial charge is 0.478 e. The van der Waals surface area contributed by atoms with Gasteiger partial charge in [-0.3, -0.25) is 0 Å². The maximum absolute atomic E-state index is 11.3. The van der Waals surface area contributed by atoms with Crippen molar-refractivity contribution in [3.05, 3.63) is 52.9 Å². The van der Waals surface area contributed by atoms with Gasteiger partial charge in [-0.15, -0.1) is 0 Å². The predicted molar refractivity (Wildman–Crippen MR) is 83.9 cm³/mol. The molecular formula is C17H20N2O2. The van der Waals surface area contributed by atoms with Crippen LogP contribution in [0.5, 0.6) is 0 Å². The van der Waals surface area contributed by atoms with Crippen molar-refractivity contribution >= 4 is 12.0 Å². The van der Waals surface area contributed by atoms with Crippen LogP contribution >= 0.6 is 0 Å². The number of carboxylic acid groups (broad SMARTS) is 1. The Labute approximate surface area is 124 Å².